The number of aryl methyl sites for hydroxylation is 1. The van der Waals surface area contributed by atoms with E-state index in [-0.39, 0.29) is 0 Å². The van der Waals surface area contributed by atoms with Crippen LogP contribution in [0.4, 0.5) is 0 Å². The third-order valence-corrected chi connectivity index (χ3v) is 5.37. The molecule has 0 atom stereocenters. The van der Waals surface area contributed by atoms with Gasteiger partial charge in [-0.25, -0.2) is 9.97 Å². The highest BCUT2D eigenvalue weighted by atomic mass is 35.5. The lowest BCUT2D eigenvalue weighted by atomic mass is 10.1. The van der Waals surface area contributed by atoms with E-state index in [1.54, 1.807) is 31.8 Å². The van der Waals surface area contributed by atoms with Crippen LogP contribution in [-0.2, 0) is 11.3 Å². The highest BCUT2D eigenvalue weighted by Gasteiger charge is 2.15. The predicted molar refractivity (Wildman–Crippen MR) is 105 cm³/mol. The van der Waals surface area contributed by atoms with Gasteiger partial charge in [-0.3, -0.25) is 4.98 Å². The van der Waals surface area contributed by atoms with Crippen LogP contribution in [0.3, 0.4) is 0 Å². The van der Waals surface area contributed by atoms with Crippen molar-refractivity contribution in [1.82, 2.24) is 15.0 Å². The molecule has 2 aromatic heterocycles. The monoisotopic (exact) mass is 385 g/mol. The van der Waals surface area contributed by atoms with Crippen LogP contribution in [-0.4, -0.2) is 29.2 Å². The van der Waals surface area contributed by atoms with E-state index in [0.717, 1.165) is 43.1 Å². The summed E-state index contributed by atoms with van der Waals surface area (Å²) in [4.78, 5) is 14.0. The maximum absolute atomic E-state index is 6.23. The molecule has 5 nitrogen and oxygen atoms in total. The van der Waals surface area contributed by atoms with Gasteiger partial charge in [-0.1, -0.05) is 11.6 Å². The molecule has 4 aromatic rings. The van der Waals surface area contributed by atoms with Gasteiger partial charge in [-0.2, -0.15) is 0 Å². The zero-order chi connectivity index (χ0) is 18.3. The molecule has 0 bridgehead atoms. The van der Waals surface area contributed by atoms with E-state index in [0.29, 0.717) is 17.4 Å². The summed E-state index contributed by atoms with van der Waals surface area (Å²) in [5.74, 6) is 0.646. The number of fused-ring (bicyclic) bond motifs is 2. The summed E-state index contributed by atoms with van der Waals surface area (Å²) in [6, 6.07) is 7.86. The van der Waals surface area contributed by atoms with Gasteiger partial charge >= 0.3 is 0 Å². The molecule has 0 unspecified atom stereocenters. The molecule has 0 radical (unpaired) electrons. The van der Waals surface area contributed by atoms with Crippen molar-refractivity contribution in [2.24, 2.45) is 0 Å². The van der Waals surface area contributed by atoms with E-state index < -0.39 is 0 Å². The molecule has 0 aliphatic rings. The summed E-state index contributed by atoms with van der Waals surface area (Å²) in [5.41, 5.74) is 5.38. The molecular formula is C19H16ClN3O2S. The van der Waals surface area contributed by atoms with Crippen LogP contribution in [0.1, 0.15) is 11.3 Å². The van der Waals surface area contributed by atoms with E-state index >= 15 is 0 Å². The Kier molecular flexibility index (Phi) is 4.48. The Labute approximate surface area is 159 Å². The SMILES string of the molecule is COCc1cnc2c(-c3nc4cc(Cl)c(OC)cc4s3)cc(C)cc2n1. The summed E-state index contributed by atoms with van der Waals surface area (Å²) in [5, 5.41) is 1.43. The highest BCUT2D eigenvalue weighted by molar-refractivity contribution is 7.21. The fraction of sp³-hybridized carbons (Fsp3) is 0.211. The number of methoxy groups -OCH3 is 2. The molecule has 2 heterocycles. The molecule has 0 N–H and O–H groups in total. The summed E-state index contributed by atoms with van der Waals surface area (Å²) < 4.78 is 11.5. The van der Waals surface area contributed by atoms with Gasteiger partial charge in [0, 0.05) is 18.7 Å². The third kappa shape index (κ3) is 3.00. The van der Waals surface area contributed by atoms with Crippen molar-refractivity contribution >= 4 is 44.2 Å². The number of hydrogen-bond donors (Lipinski definition) is 0. The zero-order valence-electron chi connectivity index (χ0n) is 14.5. The van der Waals surface area contributed by atoms with Crippen molar-refractivity contribution in [2.75, 3.05) is 14.2 Å². The van der Waals surface area contributed by atoms with Crippen molar-refractivity contribution in [2.45, 2.75) is 13.5 Å². The second-order valence-corrected chi connectivity index (χ2v) is 7.39. The number of halogens is 1. The molecule has 0 aliphatic heterocycles. The van der Waals surface area contributed by atoms with Crippen molar-refractivity contribution in [3.63, 3.8) is 0 Å². The first kappa shape index (κ1) is 17.1. The first-order valence-corrected chi connectivity index (χ1v) is 9.18. The van der Waals surface area contributed by atoms with Gasteiger partial charge in [-0.15, -0.1) is 11.3 Å². The normalized spacial score (nSPS) is 11.4. The molecule has 0 aliphatic carbocycles. The maximum atomic E-state index is 6.23. The summed E-state index contributed by atoms with van der Waals surface area (Å²) >= 11 is 7.82. The summed E-state index contributed by atoms with van der Waals surface area (Å²) in [7, 11) is 3.25. The van der Waals surface area contributed by atoms with Crippen molar-refractivity contribution in [3.05, 3.63) is 46.7 Å². The Bertz CT molecular complexity index is 1130. The Morgan fingerprint density at radius 1 is 1.08 bits per heavy atom. The topological polar surface area (TPSA) is 57.1 Å². The van der Waals surface area contributed by atoms with Crippen LogP contribution in [0.15, 0.2) is 30.5 Å². The largest absolute Gasteiger partial charge is 0.495 e. The van der Waals surface area contributed by atoms with Gasteiger partial charge in [0.25, 0.3) is 0 Å². The van der Waals surface area contributed by atoms with Crippen LogP contribution in [0.5, 0.6) is 5.75 Å². The molecule has 0 fully saturated rings. The second-order valence-electron chi connectivity index (χ2n) is 5.95. The van der Waals surface area contributed by atoms with Gasteiger partial charge < -0.3 is 9.47 Å². The average molecular weight is 386 g/mol. The molecule has 132 valence electrons. The predicted octanol–water partition coefficient (Wildman–Crippen LogP) is 5.02. The fourth-order valence-electron chi connectivity index (χ4n) is 2.89. The van der Waals surface area contributed by atoms with E-state index in [1.165, 1.54) is 0 Å². The standard InChI is InChI=1S/C19H16ClN3O2S/c1-10-4-12(18-15(5-10)22-11(8-21-18)9-24-2)19-23-14-6-13(20)16(25-3)7-17(14)26-19/h4-8H,9H2,1-3H3. The van der Waals surface area contributed by atoms with Gasteiger partial charge in [0.2, 0.25) is 0 Å². The van der Waals surface area contributed by atoms with Crippen LogP contribution >= 0.6 is 22.9 Å². The minimum absolute atomic E-state index is 0.436. The number of aromatic nitrogens is 3. The average Bonchev–Trinajstić information content (AvgIpc) is 3.02. The zero-order valence-corrected chi connectivity index (χ0v) is 16.1. The molecule has 0 saturated carbocycles. The molecule has 26 heavy (non-hydrogen) atoms. The van der Waals surface area contributed by atoms with E-state index in [4.69, 9.17) is 26.1 Å². The van der Waals surface area contributed by atoms with Crippen molar-refractivity contribution < 1.29 is 9.47 Å². The van der Waals surface area contributed by atoms with E-state index in [2.05, 4.69) is 16.0 Å². The van der Waals surface area contributed by atoms with E-state index in [1.807, 2.05) is 25.1 Å². The first-order chi connectivity index (χ1) is 12.6. The van der Waals surface area contributed by atoms with E-state index in [9.17, 15) is 0 Å². The Morgan fingerprint density at radius 3 is 2.69 bits per heavy atom. The molecule has 0 spiro atoms. The highest BCUT2D eigenvalue weighted by Crippen LogP contribution is 2.38. The first-order valence-electron chi connectivity index (χ1n) is 7.98. The van der Waals surface area contributed by atoms with Crippen molar-refractivity contribution in [3.8, 4) is 16.3 Å². The van der Waals surface area contributed by atoms with Crippen LogP contribution in [0.25, 0.3) is 31.8 Å². The Hall–Kier alpha value is -2.28. The number of rotatable bonds is 4. The number of thiazole rings is 1. The minimum atomic E-state index is 0.436. The Morgan fingerprint density at radius 2 is 1.92 bits per heavy atom. The molecule has 0 amide bonds. The lowest BCUT2D eigenvalue weighted by Crippen LogP contribution is -1.96. The number of ether oxygens (including phenoxy) is 2. The van der Waals surface area contributed by atoms with Crippen LogP contribution in [0, 0.1) is 6.92 Å². The van der Waals surface area contributed by atoms with Crippen LogP contribution < -0.4 is 4.74 Å². The maximum Gasteiger partial charge on any atom is 0.139 e. The molecule has 7 heteroatoms. The smallest absolute Gasteiger partial charge is 0.139 e. The van der Waals surface area contributed by atoms with Gasteiger partial charge in [0.1, 0.15) is 10.8 Å². The minimum Gasteiger partial charge on any atom is -0.495 e. The Balaban J connectivity index is 1.91. The van der Waals surface area contributed by atoms with Gasteiger partial charge in [0.15, 0.2) is 0 Å². The van der Waals surface area contributed by atoms with Gasteiger partial charge in [0.05, 0.1) is 51.9 Å². The second kappa shape index (κ2) is 6.79. The van der Waals surface area contributed by atoms with Crippen LogP contribution in [0.2, 0.25) is 5.02 Å². The number of nitrogens with zero attached hydrogens (tertiary/aromatic N) is 3. The quantitative estimate of drug-likeness (QED) is 0.493. The number of hydrogen-bond acceptors (Lipinski definition) is 6. The summed E-state index contributed by atoms with van der Waals surface area (Å²) in [6.07, 6.45) is 1.75. The lowest BCUT2D eigenvalue weighted by Gasteiger charge is -2.06. The molecular weight excluding hydrogens is 370 g/mol. The fourth-order valence-corrected chi connectivity index (χ4v) is 4.11. The molecule has 2 aromatic carbocycles. The third-order valence-electron chi connectivity index (χ3n) is 4.03. The lowest BCUT2D eigenvalue weighted by molar-refractivity contribution is 0.181. The van der Waals surface area contributed by atoms with Gasteiger partial charge in [-0.05, 0) is 30.7 Å². The summed E-state index contributed by atoms with van der Waals surface area (Å²) in [6.45, 7) is 2.48. The molecule has 0 saturated heterocycles. The van der Waals surface area contributed by atoms with Crippen molar-refractivity contribution in [1.29, 1.82) is 0 Å². The molecule has 4 rings (SSSR count). The number of benzene rings is 2.